The van der Waals surface area contributed by atoms with Crippen molar-refractivity contribution in [1.29, 1.82) is 10.5 Å². The van der Waals surface area contributed by atoms with Crippen molar-refractivity contribution in [3.63, 3.8) is 0 Å². The molecule has 0 spiro atoms. The first-order valence-corrected chi connectivity index (χ1v) is 20.4. The molecule has 6 rings (SSSR count). The van der Waals surface area contributed by atoms with E-state index < -0.39 is 36.3 Å². The zero-order valence-electron chi connectivity index (χ0n) is 35.1. The summed E-state index contributed by atoms with van der Waals surface area (Å²) in [6.07, 6.45) is -3.60. The summed E-state index contributed by atoms with van der Waals surface area (Å²) in [7, 11) is 0. The highest BCUT2D eigenvalue weighted by atomic mass is 19.4. The van der Waals surface area contributed by atoms with Gasteiger partial charge in [0, 0.05) is 60.3 Å². The molecule has 66 heavy (non-hydrogen) atoms. The van der Waals surface area contributed by atoms with E-state index in [1.807, 2.05) is 67.6 Å². The van der Waals surface area contributed by atoms with Gasteiger partial charge in [0.2, 0.25) is 5.78 Å². The third-order valence-corrected chi connectivity index (χ3v) is 10.2. The van der Waals surface area contributed by atoms with Crippen molar-refractivity contribution in [3.8, 4) is 12.1 Å². The summed E-state index contributed by atoms with van der Waals surface area (Å²) in [5, 5.41) is 24.5. The SMILES string of the molecule is C.C.C[C@@H](NC1=C([C@@H](CC(=O)C(F)(F)F)c2cccc(C#N)c2)C(=O)CCC1)c1ccccc1.C[C@@H](NC1=CC(=O)CCC1)c1ccccc1.N#Cc1cccc(/C=C/C(=O)C(F)(F)F)c1. The van der Waals surface area contributed by atoms with Crippen LogP contribution in [0.15, 0.2) is 138 Å². The predicted octanol–water partition coefficient (Wildman–Crippen LogP) is 12.5. The second-order valence-electron chi connectivity index (χ2n) is 15.1. The van der Waals surface area contributed by atoms with E-state index in [-0.39, 0.29) is 56.1 Å². The fourth-order valence-corrected chi connectivity index (χ4v) is 7.00. The molecule has 2 aliphatic rings. The van der Waals surface area contributed by atoms with Crippen LogP contribution in [0.2, 0.25) is 0 Å². The van der Waals surface area contributed by atoms with Gasteiger partial charge in [-0.1, -0.05) is 106 Å². The summed E-state index contributed by atoms with van der Waals surface area (Å²) >= 11 is 0. The van der Waals surface area contributed by atoms with Gasteiger partial charge < -0.3 is 10.6 Å². The minimum absolute atomic E-state index is 0. The largest absolute Gasteiger partial charge is 0.454 e. The Labute approximate surface area is 382 Å². The number of halogens is 6. The third-order valence-electron chi connectivity index (χ3n) is 10.2. The average molecular weight is 913 g/mol. The van der Waals surface area contributed by atoms with Gasteiger partial charge in [-0.25, -0.2) is 0 Å². The van der Waals surface area contributed by atoms with Gasteiger partial charge in [-0.05, 0) is 92.1 Å². The minimum Gasteiger partial charge on any atom is -0.382 e. The minimum atomic E-state index is -5.01. The number of ketones is 4. The van der Waals surface area contributed by atoms with Gasteiger partial charge in [0.15, 0.2) is 11.6 Å². The van der Waals surface area contributed by atoms with E-state index in [2.05, 4.69) is 29.7 Å². The van der Waals surface area contributed by atoms with E-state index >= 15 is 0 Å². The van der Waals surface area contributed by atoms with Crippen LogP contribution < -0.4 is 10.6 Å². The summed E-state index contributed by atoms with van der Waals surface area (Å²) in [5.74, 6) is -4.94. The maximum Gasteiger partial charge on any atom is 0.454 e. The number of alkyl halides is 6. The summed E-state index contributed by atoms with van der Waals surface area (Å²) in [6, 6.07) is 35.7. The number of nitrogens with one attached hydrogen (secondary N) is 2. The van der Waals surface area contributed by atoms with Crippen molar-refractivity contribution in [3.05, 3.63) is 172 Å². The van der Waals surface area contributed by atoms with Gasteiger partial charge >= 0.3 is 12.4 Å². The molecule has 3 atom stereocenters. The summed E-state index contributed by atoms with van der Waals surface area (Å²) in [6.45, 7) is 4.03. The van der Waals surface area contributed by atoms with Crippen LogP contribution >= 0.6 is 0 Å². The molecule has 348 valence electrons. The van der Waals surface area contributed by atoms with Crippen LogP contribution in [0.1, 0.15) is 125 Å². The van der Waals surface area contributed by atoms with E-state index in [1.165, 1.54) is 42.0 Å². The lowest BCUT2D eigenvalue weighted by molar-refractivity contribution is -0.171. The Hall–Kier alpha value is -7.06. The molecule has 0 bridgehead atoms. The molecule has 0 unspecified atom stereocenters. The zero-order valence-corrected chi connectivity index (χ0v) is 35.1. The molecule has 2 N–H and O–H groups in total. The molecule has 0 aromatic heterocycles. The number of carbonyl (C=O) groups is 4. The van der Waals surface area contributed by atoms with Crippen LogP contribution in [0.4, 0.5) is 26.3 Å². The van der Waals surface area contributed by atoms with Crippen molar-refractivity contribution < 1.29 is 45.5 Å². The number of allylic oxidation sites excluding steroid dienone is 5. The van der Waals surface area contributed by atoms with Crippen molar-refractivity contribution >= 4 is 29.2 Å². The molecule has 8 nitrogen and oxygen atoms in total. The molecule has 0 amide bonds. The van der Waals surface area contributed by atoms with Crippen LogP contribution in [0, 0.1) is 22.7 Å². The Kier molecular flexibility index (Phi) is 21.7. The van der Waals surface area contributed by atoms with Crippen molar-refractivity contribution in [2.45, 2.75) is 104 Å². The Balaban J connectivity index is 0.000000371. The molecule has 14 heteroatoms. The lowest BCUT2D eigenvalue weighted by atomic mass is 9.79. The molecule has 0 fully saturated rings. The van der Waals surface area contributed by atoms with Crippen LogP contribution in [-0.2, 0) is 19.2 Å². The molecule has 2 aliphatic carbocycles. The smallest absolute Gasteiger partial charge is 0.382 e. The molecular weight excluding hydrogens is 859 g/mol. The number of hydrogen-bond acceptors (Lipinski definition) is 8. The highest BCUT2D eigenvalue weighted by molar-refractivity contribution is 6.00. The Bertz CT molecular complexity index is 2450. The number of nitrogens with zero attached hydrogens (tertiary/aromatic N) is 2. The molecule has 0 saturated carbocycles. The van der Waals surface area contributed by atoms with Crippen molar-refractivity contribution in [1.82, 2.24) is 10.6 Å². The van der Waals surface area contributed by atoms with Crippen molar-refractivity contribution in [2.75, 3.05) is 0 Å². The fourth-order valence-electron chi connectivity index (χ4n) is 7.00. The molecule has 4 aromatic rings. The Morgan fingerprint density at radius 2 is 1.20 bits per heavy atom. The fraction of sp³-hybridized carbons (Fsp3) is 0.308. The monoisotopic (exact) mass is 912 g/mol. The molecular formula is C52H54F6N4O4. The normalized spacial score (nSPS) is 15.0. The van der Waals surface area contributed by atoms with Crippen LogP contribution in [0.3, 0.4) is 0 Å². The number of benzene rings is 4. The number of Topliss-reactive ketones (excluding diaryl/α,β-unsaturated/α-hetero) is 2. The molecule has 0 aliphatic heterocycles. The quantitative estimate of drug-likeness (QED) is 0.106. The van der Waals surface area contributed by atoms with Crippen LogP contribution in [-0.4, -0.2) is 35.5 Å². The van der Waals surface area contributed by atoms with E-state index in [9.17, 15) is 50.8 Å². The second kappa shape index (κ2) is 26.0. The van der Waals surface area contributed by atoms with Gasteiger partial charge in [-0.2, -0.15) is 36.9 Å². The highest BCUT2D eigenvalue weighted by Crippen LogP contribution is 2.38. The standard InChI is InChI=1S/C25H23F3N2O2.C14H17NO.C11H6F3NO.2CH4/c1-16(18-8-3-2-4-9-18)30-21-11-6-12-22(31)24(21)20(14-23(32)25(26,27)28)19-10-5-7-17(13-19)15-29;1-11(12-6-3-2-4-7-12)15-13-8-5-9-14(16)10-13;12-11(13,14)10(16)5-4-8-2-1-3-9(6-8)7-15;;/h2-5,7-10,13,16,20,30H,6,11-12,14H2,1H3;2-4,6-7,10-11,15H,5,8-9H2,1H3;1-6H;2*1H4/b;;5-4+;;/t16-,20+;11-;;;/m11.../s1. The number of nitriles is 2. The molecule has 0 radical (unpaired) electrons. The van der Waals surface area contributed by atoms with Gasteiger partial charge in [-0.15, -0.1) is 0 Å². The summed E-state index contributed by atoms with van der Waals surface area (Å²) < 4.78 is 75.0. The molecule has 4 aromatic carbocycles. The second-order valence-corrected chi connectivity index (χ2v) is 15.1. The molecule has 0 saturated heterocycles. The van der Waals surface area contributed by atoms with Crippen LogP contribution in [0.25, 0.3) is 6.08 Å². The first kappa shape index (κ1) is 55.1. The third kappa shape index (κ3) is 17.1. The average Bonchev–Trinajstić information content (AvgIpc) is 3.28. The lowest BCUT2D eigenvalue weighted by Gasteiger charge is -2.29. The van der Waals surface area contributed by atoms with Gasteiger partial charge in [0.1, 0.15) is 0 Å². The first-order valence-electron chi connectivity index (χ1n) is 20.4. The summed E-state index contributed by atoms with van der Waals surface area (Å²) in [5.41, 5.74) is 5.34. The number of hydrogen-bond donors (Lipinski definition) is 2. The number of carbonyl (C=O) groups excluding carboxylic acids is 4. The lowest BCUT2D eigenvalue weighted by Crippen LogP contribution is -2.31. The van der Waals surface area contributed by atoms with E-state index in [4.69, 9.17) is 5.26 Å². The highest BCUT2D eigenvalue weighted by Gasteiger charge is 2.42. The zero-order chi connectivity index (χ0) is 46.9. The van der Waals surface area contributed by atoms with Gasteiger partial charge in [-0.3, -0.25) is 19.2 Å². The molecule has 0 heterocycles. The Morgan fingerprint density at radius 3 is 1.74 bits per heavy atom. The van der Waals surface area contributed by atoms with Crippen LogP contribution in [0.5, 0.6) is 0 Å². The Morgan fingerprint density at radius 1 is 0.667 bits per heavy atom. The number of rotatable bonds is 12. The van der Waals surface area contributed by atoms with E-state index in [0.717, 1.165) is 30.2 Å². The maximum atomic E-state index is 13.1. The first-order chi connectivity index (χ1) is 30.4. The van der Waals surface area contributed by atoms with Crippen molar-refractivity contribution in [2.24, 2.45) is 0 Å². The predicted molar refractivity (Wildman–Crippen MR) is 243 cm³/mol. The van der Waals surface area contributed by atoms with E-state index in [1.54, 1.807) is 18.2 Å². The van der Waals surface area contributed by atoms with E-state index in [0.29, 0.717) is 47.7 Å². The summed E-state index contributed by atoms with van der Waals surface area (Å²) in [4.78, 5) is 46.7. The van der Waals surface area contributed by atoms with Gasteiger partial charge in [0.25, 0.3) is 5.78 Å². The van der Waals surface area contributed by atoms with Gasteiger partial charge in [0.05, 0.1) is 23.3 Å². The topological polar surface area (TPSA) is 140 Å². The maximum absolute atomic E-state index is 13.1.